The Morgan fingerprint density at radius 3 is 2.65 bits per heavy atom. The highest BCUT2D eigenvalue weighted by atomic mass is 32.2. The molecule has 0 saturated carbocycles. The molecule has 2 aliphatic rings. The Hall–Kier alpha value is -1.97. The van der Waals surface area contributed by atoms with Crippen LogP contribution in [0.4, 0.5) is 0 Å². The summed E-state index contributed by atoms with van der Waals surface area (Å²) in [5, 5.41) is 0. The van der Waals surface area contributed by atoms with Gasteiger partial charge in [0, 0.05) is 52.8 Å². The maximum Gasteiger partial charge on any atom is 0.101 e. The van der Waals surface area contributed by atoms with E-state index in [4.69, 9.17) is 23.8 Å². The molecule has 1 unspecified atom stereocenters. The summed E-state index contributed by atoms with van der Waals surface area (Å²) in [5.74, 6) is 3.77. The second-order valence-electron chi connectivity index (χ2n) is 8.97. The standard InChI is InChI=1S/C29H34N2OS2/c1-4-23-9-11-24(12-10-23)22(3)31-18-16-29(17-19-31)28(33)25(15-20-32-29)7-6-8-26-13-14-27(21-30-26)34-5-2/h1,6-7,9-14,21-22,33H,5,8,15-20H2,2-3H3/b7-6+. The van der Waals surface area contributed by atoms with Crippen LogP contribution in [0.25, 0.3) is 0 Å². The van der Waals surface area contributed by atoms with Gasteiger partial charge in [0.05, 0.1) is 6.61 Å². The van der Waals surface area contributed by atoms with Gasteiger partial charge in [0.1, 0.15) is 5.60 Å². The number of likely N-dealkylation sites (tertiary alicyclic amines) is 1. The fourth-order valence-corrected chi connectivity index (χ4v) is 5.93. The second kappa shape index (κ2) is 11.6. The minimum Gasteiger partial charge on any atom is -0.369 e. The zero-order valence-electron chi connectivity index (χ0n) is 20.2. The Morgan fingerprint density at radius 1 is 1.24 bits per heavy atom. The molecule has 5 heteroatoms. The SMILES string of the molecule is C#Cc1ccc(C(C)N2CCC3(CC2)OCCC(/C=C/Cc2ccc(SCC)cn2)=C3S)cc1. The van der Waals surface area contributed by atoms with Gasteiger partial charge >= 0.3 is 0 Å². The fourth-order valence-electron chi connectivity index (χ4n) is 4.83. The van der Waals surface area contributed by atoms with E-state index in [0.29, 0.717) is 6.04 Å². The van der Waals surface area contributed by atoms with E-state index in [2.05, 4.69) is 66.1 Å². The Morgan fingerprint density at radius 2 is 2.00 bits per heavy atom. The van der Waals surface area contributed by atoms with Crippen molar-refractivity contribution < 1.29 is 4.74 Å². The molecule has 0 bridgehead atoms. The number of nitrogens with zero attached hydrogens (tertiary/aromatic N) is 2. The molecule has 1 aromatic heterocycles. The van der Waals surface area contributed by atoms with Gasteiger partial charge in [0.25, 0.3) is 0 Å². The first-order valence-electron chi connectivity index (χ1n) is 12.2. The van der Waals surface area contributed by atoms with Crippen molar-refractivity contribution in [1.29, 1.82) is 0 Å². The Kier molecular flexibility index (Phi) is 8.60. The van der Waals surface area contributed by atoms with Crippen molar-refractivity contribution in [2.24, 2.45) is 0 Å². The predicted octanol–water partition coefficient (Wildman–Crippen LogP) is 6.47. The molecule has 34 heavy (non-hydrogen) atoms. The van der Waals surface area contributed by atoms with E-state index in [0.717, 1.165) is 67.3 Å². The van der Waals surface area contributed by atoms with E-state index in [9.17, 15) is 0 Å². The van der Waals surface area contributed by atoms with E-state index in [1.54, 1.807) is 0 Å². The lowest BCUT2D eigenvalue weighted by Gasteiger charge is -2.46. The summed E-state index contributed by atoms with van der Waals surface area (Å²) < 4.78 is 6.38. The monoisotopic (exact) mass is 490 g/mol. The van der Waals surface area contributed by atoms with Crippen LogP contribution in [0.1, 0.15) is 56.0 Å². The molecular formula is C29H34N2OS2. The summed E-state index contributed by atoms with van der Waals surface area (Å²) in [4.78, 5) is 9.48. The Labute approximate surface area is 214 Å². The number of hydrogen-bond donors (Lipinski definition) is 1. The van der Waals surface area contributed by atoms with Crippen LogP contribution in [-0.4, -0.2) is 40.9 Å². The average Bonchev–Trinajstić information content (AvgIpc) is 2.88. The maximum atomic E-state index is 6.38. The first-order valence-corrected chi connectivity index (χ1v) is 13.6. The summed E-state index contributed by atoms with van der Waals surface area (Å²) >= 11 is 6.83. The number of benzene rings is 1. The van der Waals surface area contributed by atoms with Gasteiger partial charge in [-0.1, -0.05) is 37.1 Å². The minimum absolute atomic E-state index is 0.248. The number of pyridine rings is 1. The van der Waals surface area contributed by atoms with Gasteiger partial charge in [0.2, 0.25) is 0 Å². The lowest BCUT2D eigenvalue weighted by molar-refractivity contribution is -0.0640. The Balaban J connectivity index is 1.38. The van der Waals surface area contributed by atoms with Gasteiger partial charge in [-0.3, -0.25) is 9.88 Å². The topological polar surface area (TPSA) is 25.4 Å². The van der Waals surface area contributed by atoms with Crippen molar-refractivity contribution in [2.45, 2.75) is 56.1 Å². The largest absolute Gasteiger partial charge is 0.369 e. The number of thiol groups is 1. The quantitative estimate of drug-likeness (QED) is 0.273. The third-order valence-electron chi connectivity index (χ3n) is 6.95. The smallest absolute Gasteiger partial charge is 0.101 e. The van der Waals surface area contributed by atoms with Gasteiger partial charge < -0.3 is 4.74 Å². The van der Waals surface area contributed by atoms with Gasteiger partial charge in [0.15, 0.2) is 0 Å². The molecule has 178 valence electrons. The highest BCUT2D eigenvalue weighted by Gasteiger charge is 2.41. The van der Waals surface area contributed by atoms with E-state index >= 15 is 0 Å². The summed E-state index contributed by atoms with van der Waals surface area (Å²) in [6.07, 6.45) is 15.6. The van der Waals surface area contributed by atoms with Gasteiger partial charge in [-0.25, -0.2) is 0 Å². The summed E-state index contributed by atoms with van der Waals surface area (Å²) in [7, 11) is 0. The van der Waals surface area contributed by atoms with Crippen molar-refractivity contribution in [3.8, 4) is 12.3 Å². The van der Waals surface area contributed by atoms with Crippen LogP contribution in [0.15, 0.2) is 70.1 Å². The van der Waals surface area contributed by atoms with Crippen LogP contribution in [-0.2, 0) is 11.2 Å². The molecule has 3 nitrogen and oxygen atoms in total. The number of terminal acetylenes is 1. The number of aromatic nitrogens is 1. The first-order chi connectivity index (χ1) is 16.5. The molecular weight excluding hydrogens is 456 g/mol. The van der Waals surface area contributed by atoms with Crippen molar-refractivity contribution in [3.05, 3.63) is 82.0 Å². The normalized spacial score (nSPS) is 19.5. The van der Waals surface area contributed by atoms with Crippen LogP contribution in [0, 0.1) is 12.3 Å². The zero-order valence-corrected chi connectivity index (χ0v) is 21.9. The first kappa shape index (κ1) is 25.1. The van der Waals surface area contributed by atoms with Crippen molar-refractivity contribution in [1.82, 2.24) is 9.88 Å². The number of ether oxygens (including phenoxy) is 1. The number of thioether (sulfide) groups is 1. The molecule has 1 saturated heterocycles. The molecule has 3 heterocycles. The number of hydrogen-bond acceptors (Lipinski definition) is 5. The van der Waals surface area contributed by atoms with Crippen LogP contribution in [0.3, 0.4) is 0 Å². The summed E-state index contributed by atoms with van der Waals surface area (Å²) in [6.45, 7) is 7.18. The second-order valence-corrected chi connectivity index (χ2v) is 10.8. The molecule has 0 aliphatic carbocycles. The summed E-state index contributed by atoms with van der Waals surface area (Å²) in [5.41, 5.74) is 4.39. The third kappa shape index (κ3) is 5.80. The maximum absolute atomic E-state index is 6.38. The van der Waals surface area contributed by atoms with E-state index in [1.165, 1.54) is 16.0 Å². The molecule has 0 amide bonds. The van der Waals surface area contributed by atoms with Gasteiger partial charge in [-0.15, -0.1) is 30.8 Å². The van der Waals surface area contributed by atoms with Gasteiger partial charge in [-0.05, 0) is 67.3 Å². The minimum atomic E-state index is -0.248. The molecule has 0 N–H and O–H groups in total. The number of piperidine rings is 1. The van der Waals surface area contributed by atoms with Crippen LogP contribution in [0.2, 0.25) is 0 Å². The highest BCUT2D eigenvalue weighted by molar-refractivity contribution is 7.99. The third-order valence-corrected chi connectivity index (χ3v) is 8.51. The Bertz CT molecular complexity index is 1060. The van der Waals surface area contributed by atoms with Crippen LogP contribution in [0.5, 0.6) is 0 Å². The fraction of sp³-hybridized carbons (Fsp3) is 0.414. The molecule has 1 spiro atoms. The van der Waals surface area contributed by atoms with Crippen LogP contribution < -0.4 is 0 Å². The molecule has 2 aromatic rings. The lowest BCUT2D eigenvalue weighted by atomic mass is 9.85. The molecule has 1 atom stereocenters. The summed E-state index contributed by atoms with van der Waals surface area (Å²) in [6, 6.07) is 13.0. The van der Waals surface area contributed by atoms with E-state index in [1.807, 2.05) is 30.1 Å². The van der Waals surface area contributed by atoms with Gasteiger partial charge in [-0.2, -0.15) is 0 Å². The van der Waals surface area contributed by atoms with Crippen molar-refractivity contribution in [2.75, 3.05) is 25.4 Å². The van der Waals surface area contributed by atoms with Crippen molar-refractivity contribution >= 4 is 24.4 Å². The predicted molar refractivity (Wildman–Crippen MR) is 146 cm³/mol. The molecule has 1 aromatic carbocycles. The highest BCUT2D eigenvalue weighted by Crippen LogP contribution is 2.42. The van der Waals surface area contributed by atoms with E-state index in [-0.39, 0.29) is 5.60 Å². The lowest BCUT2D eigenvalue weighted by Crippen LogP contribution is -2.48. The number of allylic oxidation sites excluding steroid dienone is 2. The molecule has 4 rings (SSSR count). The van der Waals surface area contributed by atoms with E-state index < -0.39 is 0 Å². The molecule has 1 fully saturated rings. The number of rotatable bonds is 7. The molecule has 0 radical (unpaired) electrons. The molecule has 2 aliphatic heterocycles. The van der Waals surface area contributed by atoms with Crippen molar-refractivity contribution in [3.63, 3.8) is 0 Å². The van der Waals surface area contributed by atoms with Crippen LogP contribution >= 0.6 is 24.4 Å². The zero-order chi connectivity index (χ0) is 24.0. The average molecular weight is 491 g/mol.